The Morgan fingerprint density at radius 2 is 2.00 bits per heavy atom. The van der Waals surface area contributed by atoms with E-state index in [-0.39, 0.29) is 0 Å². The van der Waals surface area contributed by atoms with Crippen LogP contribution in [0, 0.1) is 0 Å². The summed E-state index contributed by atoms with van der Waals surface area (Å²) in [4.78, 5) is 8.90. The van der Waals surface area contributed by atoms with E-state index in [1.54, 1.807) is 11.3 Å². The average Bonchev–Trinajstić information content (AvgIpc) is 2.87. The third kappa shape index (κ3) is 1.83. The first kappa shape index (κ1) is 10.4. The Kier molecular flexibility index (Phi) is 2.61. The van der Waals surface area contributed by atoms with Crippen molar-refractivity contribution in [2.75, 3.05) is 0 Å². The Hall–Kier alpha value is -1.74. The molecule has 0 bridgehead atoms. The fraction of sp³-hybridized carbons (Fsp3) is 0.143. The Bertz CT molecular complexity index is 658. The van der Waals surface area contributed by atoms with Crippen LogP contribution in [0.1, 0.15) is 12.5 Å². The van der Waals surface area contributed by atoms with E-state index in [4.69, 9.17) is 0 Å². The molecule has 0 saturated carbocycles. The normalized spacial score (nSPS) is 10.9. The number of nitrogens with zero attached hydrogens (tertiary/aromatic N) is 2. The zero-order valence-corrected chi connectivity index (χ0v) is 10.4. The molecule has 0 radical (unpaired) electrons. The minimum absolute atomic E-state index is 0.970. The first-order valence-electron chi connectivity index (χ1n) is 5.66. The van der Waals surface area contributed by atoms with Gasteiger partial charge in [0.05, 0.1) is 10.4 Å². The van der Waals surface area contributed by atoms with E-state index in [0.29, 0.717) is 0 Å². The van der Waals surface area contributed by atoms with Gasteiger partial charge in [0.1, 0.15) is 5.69 Å². The van der Waals surface area contributed by atoms with Gasteiger partial charge in [0.15, 0.2) is 0 Å². The summed E-state index contributed by atoms with van der Waals surface area (Å²) < 4.78 is 1.22. The zero-order chi connectivity index (χ0) is 11.7. The molecule has 3 rings (SSSR count). The van der Waals surface area contributed by atoms with E-state index in [1.807, 2.05) is 18.5 Å². The minimum Gasteiger partial charge on any atom is -0.255 e. The molecule has 3 aromatic heterocycles. The lowest BCUT2D eigenvalue weighted by atomic mass is 10.1. The van der Waals surface area contributed by atoms with Gasteiger partial charge >= 0.3 is 0 Å². The summed E-state index contributed by atoms with van der Waals surface area (Å²) in [6.07, 6.45) is 4.74. The monoisotopic (exact) mass is 240 g/mol. The highest BCUT2D eigenvalue weighted by molar-refractivity contribution is 7.17. The van der Waals surface area contributed by atoms with Gasteiger partial charge < -0.3 is 0 Å². The largest absolute Gasteiger partial charge is 0.255 e. The van der Waals surface area contributed by atoms with Crippen molar-refractivity contribution in [1.29, 1.82) is 0 Å². The van der Waals surface area contributed by atoms with E-state index in [9.17, 15) is 0 Å². The van der Waals surface area contributed by atoms with Gasteiger partial charge in [-0.25, -0.2) is 0 Å². The Morgan fingerprint density at radius 1 is 1.12 bits per heavy atom. The topological polar surface area (TPSA) is 25.8 Å². The molecular weight excluding hydrogens is 228 g/mol. The molecule has 3 heteroatoms. The molecule has 0 aliphatic rings. The van der Waals surface area contributed by atoms with E-state index in [0.717, 1.165) is 17.8 Å². The van der Waals surface area contributed by atoms with E-state index in [2.05, 4.69) is 40.5 Å². The van der Waals surface area contributed by atoms with Crippen LogP contribution < -0.4 is 0 Å². The summed E-state index contributed by atoms with van der Waals surface area (Å²) in [5, 5.41) is 3.34. The molecule has 0 aliphatic heterocycles. The number of hydrogen-bond acceptors (Lipinski definition) is 3. The van der Waals surface area contributed by atoms with Crippen LogP contribution in [0.3, 0.4) is 0 Å². The predicted molar refractivity (Wildman–Crippen MR) is 72.2 cm³/mol. The molecule has 0 aromatic carbocycles. The second-order valence-electron chi connectivity index (χ2n) is 3.90. The van der Waals surface area contributed by atoms with Gasteiger partial charge in [-0.2, -0.15) is 0 Å². The van der Waals surface area contributed by atoms with Crippen LogP contribution in [-0.2, 0) is 6.42 Å². The lowest BCUT2D eigenvalue weighted by molar-refractivity contribution is 1.12. The Labute approximate surface area is 104 Å². The van der Waals surface area contributed by atoms with Gasteiger partial charge in [-0.3, -0.25) is 9.97 Å². The molecule has 0 fully saturated rings. The first-order chi connectivity index (χ1) is 8.38. The minimum atomic E-state index is 0.970. The highest BCUT2D eigenvalue weighted by Crippen LogP contribution is 2.29. The molecule has 0 amide bonds. The smallest absolute Gasteiger partial charge is 0.106 e. The van der Waals surface area contributed by atoms with Gasteiger partial charge in [-0.1, -0.05) is 6.92 Å². The van der Waals surface area contributed by atoms with E-state index in [1.165, 1.54) is 15.6 Å². The van der Waals surface area contributed by atoms with Gasteiger partial charge in [-0.15, -0.1) is 11.3 Å². The number of hydrogen-bond donors (Lipinski definition) is 0. The van der Waals surface area contributed by atoms with Crippen LogP contribution in [-0.4, -0.2) is 9.97 Å². The molecule has 0 aliphatic carbocycles. The molecule has 17 heavy (non-hydrogen) atoms. The standard InChI is InChI=1S/C14H12N2S/c1-2-10-3-6-15-12(9-10)13-14-11(4-7-16-13)5-8-17-14/h3-9H,2H2,1H3. The maximum atomic E-state index is 4.47. The summed E-state index contributed by atoms with van der Waals surface area (Å²) in [5.41, 5.74) is 3.26. The van der Waals surface area contributed by atoms with Crippen molar-refractivity contribution >= 4 is 21.4 Å². The summed E-state index contributed by atoms with van der Waals surface area (Å²) >= 11 is 1.72. The number of aromatic nitrogens is 2. The molecule has 2 nitrogen and oxygen atoms in total. The van der Waals surface area contributed by atoms with Gasteiger partial charge in [0, 0.05) is 12.4 Å². The second-order valence-corrected chi connectivity index (χ2v) is 4.82. The van der Waals surface area contributed by atoms with Crippen molar-refractivity contribution < 1.29 is 0 Å². The van der Waals surface area contributed by atoms with Crippen molar-refractivity contribution in [2.45, 2.75) is 13.3 Å². The molecule has 0 atom stereocenters. The van der Waals surface area contributed by atoms with Crippen molar-refractivity contribution in [3.8, 4) is 11.4 Å². The lowest BCUT2D eigenvalue weighted by Crippen LogP contribution is -1.89. The molecule has 0 unspecified atom stereocenters. The second kappa shape index (κ2) is 4.26. The summed E-state index contributed by atoms with van der Waals surface area (Å²) in [6, 6.07) is 8.34. The molecule has 0 N–H and O–H groups in total. The van der Waals surface area contributed by atoms with Crippen molar-refractivity contribution in [3.63, 3.8) is 0 Å². The molecule has 0 saturated heterocycles. The lowest BCUT2D eigenvalue weighted by Gasteiger charge is -2.03. The number of pyridine rings is 2. The Morgan fingerprint density at radius 3 is 2.88 bits per heavy atom. The van der Waals surface area contributed by atoms with Crippen molar-refractivity contribution in [1.82, 2.24) is 9.97 Å². The maximum absolute atomic E-state index is 4.47. The first-order valence-corrected chi connectivity index (χ1v) is 6.54. The summed E-state index contributed by atoms with van der Waals surface area (Å²) in [6.45, 7) is 2.15. The predicted octanol–water partition coefficient (Wildman–Crippen LogP) is 3.92. The van der Waals surface area contributed by atoms with Crippen molar-refractivity contribution in [3.05, 3.63) is 47.6 Å². The molecular formula is C14H12N2S. The third-order valence-electron chi connectivity index (χ3n) is 2.84. The summed E-state index contributed by atoms with van der Waals surface area (Å²) in [5.74, 6) is 0. The quantitative estimate of drug-likeness (QED) is 0.678. The zero-order valence-electron chi connectivity index (χ0n) is 9.55. The van der Waals surface area contributed by atoms with Gasteiger partial charge in [0.2, 0.25) is 0 Å². The number of fused-ring (bicyclic) bond motifs is 1. The number of rotatable bonds is 2. The molecule has 84 valence electrons. The van der Waals surface area contributed by atoms with Crippen LogP contribution in [0.5, 0.6) is 0 Å². The van der Waals surface area contributed by atoms with Crippen LogP contribution >= 0.6 is 11.3 Å². The Balaban J connectivity index is 2.23. The van der Waals surface area contributed by atoms with Crippen molar-refractivity contribution in [2.24, 2.45) is 0 Å². The van der Waals surface area contributed by atoms with E-state index < -0.39 is 0 Å². The fourth-order valence-corrected chi connectivity index (χ4v) is 2.79. The maximum Gasteiger partial charge on any atom is 0.106 e. The van der Waals surface area contributed by atoms with Crippen LogP contribution in [0.15, 0.2) is 42.0 Å². The van der Waals surface area contributed by atoms with Crippen LogP contribution in [0.25, 0.3) is 21.5 Å². The number of aryl methyl sites for hydroxylation is 1. The van der Waals surface area contributed by atoms with E-state index >= 15 is 0 Å². The molecule has 3 aromatic rings. The average molecular weight is 240 g/mol. The highest BCUT2D eigenvalue weighted by atomic mass is 32.1. The highest BCUT2D eigenvalue weighted by Gasteiger charge is 2.07. The fourth-order valence-electron chi connectivity index (χ4n) is 1.90. The SMILES string of the molecule is CCc1ccnc(-c2nccc3ccsc23)c1. The molecule has 0 spiro atoms. The summed E-state index contributed by atoms with van der Waals surface area (Å²) in [7, 11) is 0. The van der Waals surface area contributed by atoms with Crippen LogP contribution in [0.4, 0.5) is 0 Å². The molecule has 3 heterocycles. The number of thiophene rings is 1. The van der Waals surface area contributed by atoms with Crippen LogP contribution in [0.2, 0.25) is 0 Å². The third-order valence-corrected chi connectivity index (χ3v) is 3.78. The van der Waals surface area contributed by atoms with Gasteiger partial charge in [0.25, 0.3) is 0 Å². The van der Waals surface area contributed by atoms with Gasteiger partial charge in [-0.05, 0) is 47.0 Å².